The number of hydrogen-bond acceptors (Lipinski definition) is 2. The Morgan fingerprint density at radius 2 is 2.09 bits per heavy atom. The predicted octanol–water partition coefficient (Wildman–Crippen LogP) is 1.84. The number of methoxy groups -OCH3 is 1. The number of nitrogens with zero attached hydrogens (tertiary/aromatic N) is 1. The van der Waals surface area contributed by atoms with E-state index in [0.29, 0.717) is 6.61 Å². The molecule has 0 fully saturated rings. The highest BCUT2D eigenvalue weighted by Crippen LogP contribution is 2.06. The van der Waals surface area contributed by atoms with Crippen molar-refractivity contribution in [3.8, 4) is 0 Å². The van der Waals surface area contributed by atoms with Crippen LogP contribution in [0.5, 0.6) is 0 Å². The Morgan fingerprint density at radius 1 is 1.36 bits per heavy atom. The summed E-state index contributed by atoms with van der Waals surface area (Å²) in [5, 5.41) is 0. The molecule has 0 bridgehead atoms. The zero-order chi connectivity index (χ0) is 8.27. The maximum absolute atomic E-state index is 5.00. The maximum atomic E-state index is 5.00. The fraction of sp³-hybridized carbons (Fsp3) is 0.444. The van der Waals surface area contributed by atoms with Gasteiger partial charge in [0.1, 0.15) is 0 Å². The summed E-state index contributed by atoms with van der Waals surface area (Å²) in [6.07, 6.45) is 0. The van der Waals surface area contributed by atoms with Crippen molar-refractivity contribution in [2.45, 2.75) is 20.5 Å². The topological polar surface area (TPSA) is 22.1 Å². The van der Waals surface area contributed by atoms with E-state index >= 15 is 0 Å². The molecule has 0 atom stereocenters. The first-order chi connectivity index (χ1) is 5.24. The minimum absolute atomic E-state index is 0.605. The molecular weight excluding hydrogens is 138 g/mol. The summed E-state index contributed by atoms with van der Waals surface area (Å²) in [5.41, 5.74) is 3.27. The lowest BCUT2D eigenvalue weighted by Gasteiger charge is -2.03. The van der Waals surface area contributed by atoms with Gasteiger partial charge in [-0.3, -0.25) is 4.98 Å². The van der Waals surface area contributed by atoms with Crippen LogP contribution in [0, 0.1) is 13.8 Å². The van der Waals surface area contributed by atoms with Gasteiger partial charge in [-0.25, -0.2) is 0 Å². The van der Waals surface area contributed by atoms with Crippen molar-refractivity contribution in [3.63, 3.8) is 0 Å². The molecule has 0 aliphatic heterocycles. The first-order valence-electron chi connectivity index (χ1n) is 3.66. The van der Waals surface area contributed by atoms with E-state index in [1.54, 1.807) is 7.11 Å². The van der Waals surface area contributed by atoms with E-state index in [0.717, 1.165) is 11.4 Å². The molecule has 1 heterocycles. The van der Waals surface area contributed by atoms with Crippen LogP contribution in [0.4, 0.5) is 0 Å². The summed E-state index contributed by atoms with van der Waals surface area (Å²) in [5.74, 6) is 0. The fourth-order valence-electron chi connectivity index (χ4n) is 0.963. The lowest BCUT2D eigenvalue weighted by molar-refractivity contribution is 0.181. The van der Waals surface area contributed by atoms with Crippen molar-refractivity contribution >= 4 is 0 Å². The molecule has 2 heteroatoms. The molecule has 11 heavy (non-hydrogen) atoms. The first kappa shape index (κ1) is 8.21. The molecule has 0 aliphatic rings. The number of pyridine rings is 1. The van der Waals surface area contributed by atoms with E-state index in [1.165, 1.54) is 5.56 Å². The van der Waals surface area contributed by atoms with Gasteiger partial charge in [0.15, 0.2) is 0 Å². The van der Waals surface area contributed by atoms with Crippen LogP contribution in [0.1, 0.15) is 17.0 Å². The molecule has 0 unspecified atom stereocenters. The number of aryl methyl sites for hydroxylation is 2. The van der Waals surface area contributed by atoms with Crippen molar-refractivity contribution in [2.75, 3.05) is 7.11 Å². The Morgan fingerprint density at radius 3 is 2.73 bits per heavy atom. The Hall–Kier alpha value is -0.890. The molecule has 0 spiro atoms. The zero-order valence-electron chi connectivity index (χ0n) is 7.22. The SMILES string of the molecule is COCc1nc(C)ccc1C. The summed E-state index contributed by atoms with van der Waals surface area (Å²) in [4.78, 5) is 4.34. The van der Waals surface area contributed by atoms with E-state index < -0.39 is 0 Å². The minimum Gasteiger partial charge on any atom is -0.378 e. The smallest absolute Gasteiger partial charge is 0.0886 e. The minimum atomic E-state index is 0.605. The molecule has 60 valence electrons. The third kappa shape index (κ3) is 2.02. The molecule has 1 aromatic heterocycles. The number of ether oxygens (including phenoxy) is 1. The summed E-state index contributed by atoms with van der Waals surface area (Å²) < 4.78 is 5.00. The highest BCUT2D eigenvalue weighted by Gasteiger charge is 1.98. The largest absolute Gasteiger partial charge is 0.378 e. The average Bonchev–Trinajstić information content (AvgIpc) is 1.98. The normalized spacial score (nSPS) is 10.1. The van der Waals surface area contributed by atoms with E-state index in [2.05, 4.69) is 11.1 Å². The fourth-order valence-corrected chi connectivity index (χ4v) is 0.963. The molecule has 1 aromatic rings. The van der Waals surface area contributed by atoms with Gasteiger partial charge in [-0.2, -0.15) is 0 Å². The summed E-state index contributed by atoms with van der Waals surface area (Å²) in [6, 6.07) is 4.07. The zero-order valence-corrected chi connectivity index (χ0v) is 7.22. The molecule has 0 aliphatic carbocycles. The Balaban J connectivity index is 2.93. The van der Waals surface area contributed by atoms with Gasteiger partial charge in [-0.05, 0) is 25.5 Å². The van der Waals surface area contributed by atoms with Gasteiger partial charge in [0, 0.05) is 12.8 Å². The van der Waals surface area contributed by atoms with Crippen LogP contribution in [0.3, 0.4) is 0 Å². The molecular formula is C9H13NO. The summed E-state index contributed by atoms with van der Waals surface area (Å²) in [6.45, 7) is 4.63. The Bertz CT molecular complexity index is 245. The van der Waals surface area contributed by atoms with Crippen molar-refractivity contribution < 1.29 is 4.74 Å². The van der Waals surface area contributed by atoms with Crippen LogP contribution in [0.25, 0.3) is 0 Å². The molecule has 0 radical (unpaired) electrons. The Labute approximate surface area is 67.2 Å². The van der Waals surface area contributed by atoms with Gasteiger partial charge in [0.25, 0.3) is 0 Å². The van der Waals surface area contributed by atoms with E-state index in [1.807, 2.05) is 19.9 Å². The number of aromatic nitrogens is 1. The van der Waals surface area contributed by atoms with E-state index in [9.17, 15) is 0 Å². The van der Waals surface area contributed by atoms with Crippen molar-refractivity contribution in [3.05, 3.63) is 29.1 Å². The van der Waals surface area contributed by atoms with Gasteiger partial charge in [0.2, 0.25) is 0 Å². The highest BCUT2D eigenvalue weighted by molar-refractivity contribution is 5.20. The van der Waals surface area contributed by atoms with E-state index in [-0.39, 0.29) is 0 Å². The Kier molecular flexibility index (Phi) is 2.60. The van der Waals surface area contributed by atoms with Crippen LogP contribution in [0.15, 0.2) is 12.1 Å². The van der Waals surface area contributed by atoms with Gasteiger partial charge in [-0.1, -0.05) is 6.07 Å². The molecule has 1 rings (SSSR count). The second kappa shape index (κ2) is 3.49. The third-order valence-corrected chi connectivity index (χ3v) is 1.62. The predicted molar refractivity (Wildman–Crippen MR) is 44.4 cm³/mol. The summed E-state index contributed by atoms with van der Waals surface area (Å²) >= 11 is 0. The average molecular weight is 151 g/mol. The quantitative estimate of drug-likeness (QED) is 0.643. The van der Waals surface area contributed by atoms with Crippen molar-refractivity contribution in [1.82, 2.24) is 4.98 Å². The second-order valence-corrected chi connectivity index (χ2v) is 2.65. The second-order valence-electron chi connectivity index (χ2n) is 2.65. The first-order valence-corrected chi connectivity index (χ1v) is 3.66. The van der Waals surface area contributed by atoms with Gasteiger partial charge >= 0.3 is 0 Å². The monoisotopic (exact) mass is 151 g/mol. The molecule has 2 nitrogen and oxygen atoms in total. The number of hydrogen-bond donors (Lipinski definition) is 0. The van der Waals surface area contributed by atoms with Crippen LogP contribution in [-0.2, 0) is 11.3 Å². The maximum Gasteiger partial charge on any atom is 0.0886 e. The van der Waals surface area contributed by atoms with Crippen LogP contribution < -0.4 is 0 Å². The van der Waals surface area contributed by atoms with Crippen molar-refractivity contribution in [1.29, 1.82) is 0 Å². The molecule has 0 N–H and O–H groups in total. The standard InChI is InChI=1S/C9H13NO/c1-7-4-5-8(2)10-9(7)6-11-3/h4-5H,6H2,1-3H3. The molecule has 0 aromatic carbocycles. The number of rotatable bonds is 2. The van der Waals surface area contributed by atoms with Crippen LogP contribution >= 0.6 is 0 Å². The highest BCUT2D eigenvalue weighted by atomic mass is 16.5. The van der Waals surface area contributed by atoms with Gasteiger partial charge in [0.05, 0.1) is 12.3 Å². The van der Waals surface area contributed by atoms with Gasteiger partial charge in [-0.15, -0.1) is 0 Å². The summed E-state index contributed by atoms with van der Waals surface area (Å²) in [7, 11) is 1.68. The van der Waals surface area contributed by atoms with Crippen LogP contribution in [0.2, 0.25) is 0 Å². The molecule has 0 saturated carbocycles. The van der Waals surface area contributed by atoms with Gasteiger partial charge < -0.3 is 4.74 Å². The lowest BCUT2D eigenvalue weighted by Crippen LogP contribution is -1.96. The molecule has 0 saturated heterocycles. The van der Waals surface area contributed by atoms with E-state index in [4.69, 9.17) is 4.74 Å². The molecule has 0 amide bonds. The van der Waals surface area contributed by atoms with Crippen LogP contribution in [-0.4, -0.2) is 12.1 Å². The third-order valence-electron chi connectivity index (χ3n) is 1.62. The lowest BCUT2D eigenvalue weighted by atomic mass is 10.2. The van der Waals surface area contributed by atoms with Crippen molar-refractivity contribution in [2.24, 2.45) is 0 Å².